The van der Waals surface area contributed by atoms with Gasteiger partial charge in [0, 0.05) is 4.90 Å². The van der Waals surface area contributed by atoms with Crippen LogP contribution in [0.1, 0.15) is 0 Å². The van der Waals surface area contributed by atoms with Gasteiger partial charge in [0.05, 0.1) is 16.5 Å². The molecule has 0 fully saturated rings. The molecular weight excluding hydrogens is 266 g/mol. The Labute approximate surface area is 98.5 Å². The molecule has 0 aliphatic heterocycles. The molecule has 0 aliphatic carbocycles. The van der Waals surface area contributed by atoms with E-state index in [0.717, 1.165) is 12.1 Å². The van der Waals surface area contributed by atoms with Crippen LogP contribution in [0.2, 0.25) is 5.02 Å². The number of thioether (sulfide) groups is 1. The molecule has 1 nitrogen and oxygen atoms in total. The van der Waals surface area contributed by atoms with Crippen LogP contribution in [0, 0.1) is 5.82 Å². The Kier molecular flexibility index (Phi) is 4.21. The maximum Gasteiger partial charge on any atom is 0.398 e. The highest BCUT2D eigenvalue weighted by Gasteiger charge is 2.28. The number of rotatable bonds is 3. The van der Waals surface area contributed by atoms with Crippen molar-refractivity contribution < 1.29 is 17.6 Å². The van der Waals surface area contributed by atoms with Gasteiger partial charge in [-0.3, -0.25) is 4.99 Å². The van der Waals surface area contributed by atoms with Gasteiger partial charge in [0.1, 0.15) is 5.82 Å². The van der Waals surface area contributed by atoms with Gasteiger partial charge >= 0.3 is 6.18 Å². The lowest BCUT2D eigenvalue weighted by Crippen LogP contribution is -2.10. The second-order valence-electron chi connectivity index (χ2n) is 2.80. The van der Waals surface area contributed by atoms with Crippen molar-refractivity contribution in [3.05, 3.63) is 23.0 Å². The van der Waals surface area contributed by atoms with E-state index in [1.165, 1.54) is 0 Å². The average molecular weight is 272 g/mol. The van der Waals surface area contributed by atoms with Gasteiger partial charge in [-0.05, 0) is 18.9 Å². The monoisotopic (exact) mass is 271 g/mol. The summed E-state index contributed by atoms with van der Waals surface area (Å²) in [5.41, 5.74) is 0.160. The highest BCUT2D eigenvalue weighted by molar-refractivity contribution is 7.99. The van der Waals surface area contributed by atoms with Gasteiger partial charge in [-0.15, -0.1) is 11.8 Å². The minimum atomic E-state index is -4.35. The molecule has 0 atom stereocenters. The first kappa shape index (κ1) is 13.3. The Morgan fingerprint density at radius 2 is 2.00 bits per heavy atom. The molecule has 0 N–H and O–H groups in total. The van der Waals surface area contributed by atoms with Crippen molar-refractivity contribution in [2.75, 3.05) is 5.75 Å². The maximum absolute atomic E-state index is 13.2. The molecule has 0 aromatic heterocycles. The van der Waals surface area contributed by atoms with Crippen molar-refractivity contribution in [1.82, 2.24) is 0 Å². The zero-order valence-corrected chi connectivity index (χ0v) is 9.39. The van der Waals surface area contributed by atoms with Crippen molar-refractivity contribution in [3.8, 4) is 0 Å². The molecule has 0 amide bonds. The number of benzene rings is 1. The lowest BCUT2D eigenvalue weighted by Gasteiger charge is -2.08. The van der Waals surface area contributed by atoms with Crippen LogP contribution >= 0.6 is 23.4 Å². The maximum atomic E-state index is 13.2. The smallest absolute Gasteiger partial charge is 0.263 e. The molecule has 0 aliphatic rings. The van der Waals surface area contributed by atoms with E-state index in [0.29, 0.717) is 11.8 Å². The van der Waals surface area contributed by atoms with Crippen LogP contribution in [0.15, 0.2) is 22.0 Å². The summed E-state index contributed by atoms with van der Waals surface area (Å²) in [6.45, 7) is 3.18. The zero-order valence-electron chi connectivity index (χ0n) is 7.81. The Morgan fingerprint density at radius 1 is 1.38 bits per heavy atom. The molecule has 1 aromatic rings. The van der Waals surface area contributed by atoms with E-state index in [1.54, 1.807) is 0 Å². The number of hydrogen-bond acceptors (Lipinski definition) is 2. The molecule has 0 saturated carbocycles. The van der Waals surface area contributed by atoms with Gasteiger partial charge in [-0.1, -0.05) is 11.6 Å². The van der Waals surface area contributed by atoms with Gasteiger partial charge in [0.15, 0.2) is 0 Å². The Bertz CT molecular complexity index is 405. The van der Waals surface area contributed by atoms with Gasteiger partial charge in [0.25, 0.3) is 0 Å². The molecule has 1 rings (SSSR count). The molecule has 0 saturated heterocycles. The lowest BCUT2D eigenvalue weighted by molar-refractivity contribution is -0.105. The fourth-order valence-electron chi connectivity index (χ4n) is 0.910. The second-order valence-corrected chi connectivity index (χ2v) is 4.22. The average Bonchev–Trinajstić information content (AvgIpc) is 2.15. The van der Waals surface area contributed by atoms with E-state index in [9.17, 15) is 17.6 Å². The summed E-state index contributed by atoms with van der Waals surface area (Å²) in [6, 6.07) is 2.06. The molecule has 0 bridgehead atoms. The summed E-state index contributed by atoms with van der Waals surface area (Å²) in [7, 11) is 0. The highest BCUT2D eigenvalue weighted by Crippen LogP contribution is 2.35. The summed E-state index contributed by atoms with van der Waals surface area (Å²) in [5.74, 6) is -1.96. The van der Waals surface area contributed by atoms with Gasteiger partial charge in [0.2, 0.25) is 0 Å². The third-order valence-electron chi connectivity index (χ3n) is 1.56. The van der Waals surface area contributed by atoms with Crippen LogP contribution in [0.25, 0.3) is 0 Å². The second kappa shape index (κ2) is 5.05. The van der Waals surface area contributed by atoms with E-state index in [2.05, 4.69) is 11.7 Å². The quantitative estimate of drug-likeness (QED) is 0.449. The fourth-order valence-corrected chi connectivity index (χ4v) is 1.83. The van der Waals surface area contributed by atoms with E-state index in [1.807, 2.05) is 0 Å². The molecule has 0 radical (unpaired) electrons. The Hall–Kier alpha value is -0.750. The fraction of sp³-hybridized carbons (Fsp3) is 0.222. The molecule has 88 valence electrons. The third kappa shape index (κ3) is 3.68. The van der Waals surface area contributed by atoms with Gasteiger partial charge in [-0.25, -0.2) is 4.39 Å². The summed E-state index contributed by atoms with van der Waals surface area (Å²) >= 11 is 5.93. The molecule has 0 heterocycles. The van der Waals surface area contributed by atoms with E-state index >= 15 is 0 Å². The van der Waals surface area contributed by atoms with Crippen LogP contribution in [0.3, 0.4) is 0 Å². The molecule has 7 heteroatoms. The van der Waals surface area contributed by atoms with Crippen molar-refractivity contribution in [1.29, 1.82) is 0 Å². The molecular formula is C9H6ClF4NS. The summed E-state index contributed by atoms with van der Waals surface area (Å²) < 4.78 is 49.0. The predicted molar refractivity (Wildman–Crippen MR) is 57.4 cm³/mol. The summed E-state index contributed by atoms with van der Waals surface area (Å²) in [6.07, 6.45) is -4.35. The van der Waals surface area contributed by atoms with Crippen molar-refractivity contribution >= 4 is 35.8 Å². The third-order valence-corrected chi connectivity index (χ3v) is 2.96. The Morgan fingerprint density at radius 3 is 2.50 bits per heavy atom. The number of halogens is 5. The topological polar surface area (TPSA) is 12.4 Å². The summed E-state index contributed by atoms with van der Waals surface area (Å²) in [5, 5.41) is 0.0175. The van der Waals surface area contributed by atoms with E-state index in [4.69, 9.17) is 11.6 Å². The number of aliphatic imine (C=N–C) groups is 1. The van der Waals surface area contributed by atoms with Crippen LogP contribution in [-0.4, -0.2) is 18.6 Å². The van der Waals surface area contributed by atoms with Gasteiger partial charge in [-0.2, -0.15) is 13.2 Å². The van der Waals surface area contributed by atoms with Gasteiger partial charge < -0.3 is 0 Å². The van der Waals surface area contributed by atoms with Crippen LogP contribution < -0.4 is 0 Å². The van der Waals surface area contributed by atoms with Crippen molar-refractivity contribution in [2.45, 2.75) is 11.1 Å². The first-order chi connectivity index (χ1) is 7.33. The number of alkyl halides is 3. The standard InChI is InChI=1S/C9H6ClF4NS/c1-15-7-3-8(6(11)2-5(7)10)16-4-9(12,13)14/h2-3H,1,4H2. The van der Waals surface area contributed by atoms with Crippen LogP contribution in [-0.2, 0) is 0 Å². The number of nitrogens with zero attached hydrogens (tertiary/aromatic N) is 1. The minimum absolute atomic E-state index is 0.0175. The summed E-state index contributed by atoms with van der Waals surface area (Å²) in [4.78, 5) is 3.32. The lowest BCUT2D eigenvalue weighted by atomic mass is 10.3. The predicted octanol–water partition coefficient (Wildman–Crippen LogP) is 4.47. The first-order valence-corrected chi connectivity index (χ1v) is 5.35. The van der Waals surface area contributed by atoms with E-state index in [-0.39, 0.29) is 15.6 Å². The molecule has 1 aromatic carbocycles. The number of hydrogen-bond donors (Lipinski definition) is 0. The van der Waals surface area contributed by atoms with E-state index < -0.39 is 17.7 Å². The highest BCUT2D eigenvalue weighted by atomic mass is 35.5. The van der Waals surface area contributed by atoms with Crippen molar-refractivity contribution in [3.63, 3.8) is 0 Å². The molecule has 16 heavy (non-hydrogen) atoms. The van der Waals surface area contributed by atoms with Crippen molar-refractivity contribution in [2.24, 2.45) is 4.99 Å². The normalized spacial score (nSPS) is 11.6. The minimum Gasteiger partial charge on any atom is -0.263 e. The SMILES string of the molecule is C=Nc1cc(SCC(F)(F)F)c(F)cc1Cl. The zero-order chi connectivity index (χ0) is 12.3. The molecule has 0 spiro atoms. The first-order valence-electron chi connectivity index (χ1n) is 3.99. The Balaban J connectivity index is 2.92. The molecule has 0 unspecified atom stereocenters. The largest absolute Gasteiger partial charge is 0.398 e. The van der Waals surface area contributed by atoms with Crippen LogP contribution in [0.4, 0.5) is 23.2 Å². The van der Waals surface area contributed by atoms with Crippen LogP contribution in [0.5, 0.6) is 0 Å².